The van der Waals surface area contributed by atoms with Gasteiger partial charge in [0.1, 0.15) is 0 Å². The van der Waals surface area contributed by atoms with Crippen LogP contribution in [0.15, 0.2) is 23.1 Å². The molecule has 0 heterocycles. The molecule has 54 valence electrons. The fraction of sp³-hybridized carbons (Fsp3) is 0.250. The van der Waals surface area contributed by atoms with Crippen LogP contribution in [0.25, 0.3) is 0 Å². The zero-order valence-electron chi connectivity index (χ0n) is 6.22. The van der Waals surface area contributed by atoms with Gasteiger partial charge in [-0.2, -0.15) is 0 Å². The summed E-state index contributed by atoms with van der Waals surface area (Å²) in [5.74, 6) is 0. The van der Waals surface area contributed by atoms with Crippen molar-refractivity contribution in [3.8, 4) is 0 Å². The second-order valence-corrected chi connectivity index (χ2v) is 3.15. The van der Waals surface area contributed by atoms with Crippen LogP contribution < -0.4 is 5.14 Å². The Balaban J connectivity index is 3.06. The molecule has 1 rings (SSSR count). The molecule has 0 spiro atoms. The Morgan fingerprint density at radius 3 is 2.00 bits per heavy atom. The van der Waals surface area contributed by atoms with Crippen LogP contribution in [-0.4, -0.2) is 0 Å². The van der Waals surface area contributed by atoms with Crippen molar-refractivity contribution in [1.82, 2.24) is 0 Å². The van der Waals surface area contributed by atoms with E-state index in [0.717, 1.165) is 4.90 Å². The maximum absolute atomic E-state index is 5.40. The molecule has 0 atom stereocenters. The van der Waals surface area contributed by atoms with Gasteiger partial charge in [0.25, 0.3) is 0 Å². The summed E-state index contributed by atoms with van der Waals surface area (Å²) in [7, 11) is 0. The van der Waals surface area contributed by atoms with Gasteiger partial charge >= 0.3 is 0 Å². The van der Waals surface area contributed by atoms with Crippen LogP contribution in [0.3, 0.4) is 0 Å². The van der Waals surface area contributed by atoms with Crippen molar-refractivity contribution >= 4 is 11.9 Å². The van der Waals surface area contributed by atoms with E-state index in [0.29, 0.717) is 0 Å². The van der Waals surface area contributed by atoms with Gasteiger partial charge in [0, 0.05) is 4.90 Å². The third-order valence-corrected chi connectivity index (χ3v) is 1.84. The summed E-state index contributed by atoms with van der Waals surface area (Å²) < 4.78 is 0. The first-order chi connectivity index (χ1) is 4.72. The Morgan fingerprint density at radius 2 is 1.60 bits per heavy atom. The number of rotatable bonds is 1. The number of hydrogen-bond acceptors (Lipinski definition) is 2. The predicted octanol–water partition coefficient (Wildman–Crippen LogP) is 2.27. The SMILES string of the molecule is Cc1cc(C)cc(SN)c1. The molecule has 1 nitrogen and oxygen atoms in total. The molecule has 0 aliphatic carbocycles. The Morgan fingerprint density at radius 1 is 1.10 bits per heavy atom. The van der Waals surface area contributed by atoms with Gasteiger partial charge in [-0.15, -0.1) is 0 Å². The minimum Gasteiger partial charge on any atom is -0.274 e. The lowest BCUT2D eigenvalue weighted by Gasteiger charge is -1.99. The molecule has 0 radical (unpaired) electrons. The highest BCUT2D eigenvalue weighted by Crippen LogP contribution is 2.15. The molecule has 0 saturated heterocycles. The predicted molar refractivity (Wildman–Crippen MR) is 46.0 cm³/mol. The summed E-state index contributed by atoms with van der Waals surface area (Å²) >= 11 is 1.30. The molecule has 2 heteroatoms. The Labute approximate surface area is 65.8 Å². The van der Waals surface area contributed by atoms with Gasteiger partial charge in [-0.3, -0.25) is 5.14 Å². The monoisotopic (exact) mass is 153 g/mol. The van der Waals surface area contributed by atoms with Gasteiger partial charge in [-0.1, -0.05) is 6.07 Å². The van der Waals surface area contributed by atoms with Gasteiger partial charge in [0.15, 0.2) is 0 Å². The van der Waals surface area contributed by atoms with Gasteiger partial charge in [0.05, 0.1) is 0 Å². The Kier molecular flexibility index (Phi) is 2.35. The van der Waals surface area contributed by atoms with Crippen molar-refractivity contribution in [3.63, 3.8) is 0 Å². The van der Waals surface area contributed by atoms with Crippen LogP contribution >= 0.6 is 11.9 Å². The minimum absolute atomic E-state index is 1.14. The van der Waals surface area contributed by atoms with Crippen molar-refractivity contribution < 1.29 is 0 Å². The average Bonchev–Trinajstić information content (AvgIpc) is 1.85. The van der Waals surface area contributed by atoms with Crippen LogP contribution in [0.5, 0.6) is 0 Å². The molecule has 0 unspecified atom stereocenters. The smallest absolute Gasteiger partial charge is 0.0231 e. The highest BCUT2D eigenvalue weighted by Gasteiger charge is 1.92. The third kappa shape index (κ3) is 1.75. The fourth-order valence-electron chi connectivity index (χ4n) is 1.00. The van der Waals surface area contributed by atoms with E-state index in [2.05, 4.69) is 32.0 Å². The molecule has 0 aliphatic rings. The van der Waals surface area contributed by atoms with Crippen LogP contribution in [0, 0.1) is 13.8 Å². The normalized spacial score (nSPS) is 9.90. The Hall–Kier alpha value is -0.470. The van der Waals surface area contributed by atoms with Crippen molar-refractivity contribution in [2.75, 3.05) is 0 Å². The van der Waals surface area contributed by atoms with Crippen LogP contribution in [0.4, 0.5) is 0 Å². The van der Waals surface area contributed by atoms with E-state index >= 15 is 0 Å². The van der Waals surface area contributed by atoms with Gasteiger partial charge in [-0.05, 0) is 49.1 Å². The first-order valence-corrected chi connectivity index (χ1v) is 4.05. The maximum atomic E-state index is 5.40. The van der Waals surface area contributed by atoms with Gasteiger partial charge < -0.3 is 0 Å². The molecular weight excluding hydrogens is 142 g/mol. The van der Waals surface area contributed by atoms with Crippen LogP contribution in [-0.2, 0) is 0 Å². The minimum atomic E-state index is 1.14. The topological polar surface area (TPSA) is 26.0 Å². The van der Waals surface area contributed by atoms with E-state index < -0.39 is 0 Å². The van der Waals surface area contributed by atoms with Crippen molar-refractivity contribution in [1.29, 1.82) is 0 Å². The fourth-order valence-corrected chi connectivity index (χ4v) is 1.51. The van der Waals surface area contributed by atoms with Crippen molar-refractivity contribution in [3.05, 3.63) is 29.3 Å². The first kappa shape index (κ1) is 7.63. The summed E-state index contributed by atoms with van der Waals surface area (Å²) in [6, 6.07) is 6.30. The van der Waals surface area contributed by atoms with E-state index in [1.807, 2.05) is 0 Å². The number of hydrogen-bond donors (Lipinski definition) is 1. The van der Waals surface area contributed by atoms with Crippen molar-refractivity contribution in [2.45, 2.75) is 18.7 Å². The van der Waals surface area contributed by atoms with Crippen LogP contribution in [0.1, 0.15) is 11.1 Å². The molecule has 0 saturated carbocycles. The van der Waals surface area contributed by atoms with E-state index in [9.17, 15) is 0 Å². The molecule has 1 aromatic carbocycles. The summed E-state index contributed by atoms with van der Waals surface area (Å²) in [4.78, 5) is 1.14. The third-order valence-electron chi connectivity index (χ3n) is 1.33. The van der Waals surface area contributed by atoms with E-state index in [1.54, 1.807) is 0 Å². The lowest BCUT2D eigenvalue weighted by Crippen LogP contribution is -1.82. The number of aryl methyl sites for hydroxylation is 2. The zero-order valence-corrected chi connectivity index (χ0v) is 7.03. The highest BCUT2D eigenvalue weighted by molar-refractivity contribution is 7.97. The summed E-state index contributed by atoms with van der Waals surface area (Å²) in [6.45, 7) is 4.15. The average molecular weight is 153 g/mol. The van der Waals surface area contributed by atoms with E-state index in [4.69, 9.17) is 5.14 Å². The van der Waals surface area contributed by atoms with E-state index in [-0.39, 0.29) is 0 Å². The van der Waals surface area contributed by atoms with Crippen LogP contribution in [0.2, 0.25) is 0 Å². The lowest BCUT2D eigenvalue weighted by molar-refractivity contribution is 1.29. The summed E-state index contributed by atoms with van der Waals surface area (Å²) in [5.41, 5.74) is 2.54. The maximum Gasteiger partial charge on any atom is 0.0231 e. The van der Waals surface area contributed by atoms with Gasteiger partial charge in [0.2, 0.25) is 0 Å². The summed E-state index contributed by atoms with van der Waals surface area (Å²) in [6.07, 6.45) is 0. The van der Waals surface area contributed by atoms with Crippen molar-refractivity contribution in [2.24, 2.45) is 5.14 Å². The first-order valence-electron chi connectivity index (χ1n) is 3.17. The molecule has 10 heavy (non-hydrogen) atoms. The molecular formula is C8H11NS. The molecule has 0 aromatic heterocycles. The van der Waals surface area contributed by atoms with E-state index in [1.165, 1.54) is 23.1 Å². The molecule has 2 N–H and O–H groups in total. The van der Waals surface area contributed by atoms with Gasteiger partial charge in [-0.25, -0.2) is 0 Å². The second-order valence-electron chi connectivity index (χ2n) is 2.44. The molecule has 0 aliphatic heterocycles. The standard InChI is InChI=1S/C8H11NS/c1-6-3-7(2)5-8(4-6)10-9/h3-5H,9H2,1-2H3. The quantitative estimate of drug-likeness (QED) is 0.626. The largest absolute Gasteiger partial charge is 0.274 e. The Bertz CT molecular complexity index is 212. The summed E-state index contributed by atoms with van der Waals surface area (Å²) in [5, 5.41) is 5.40. The molecule has 0 bridgehead atoms. The molecule has 0 amide bonds. The second kappa shape index (κ2) is 3.08. The lowest BCUT2D eigenvalue weighted by atomic mass is 10.2. The molecule has 1 aromatic rings. The number of nitrogens with two attached hydrogens (primary N) is 1. The molecule has 0 fully saturated rings. The highest BCUT2D eigenvalue weighted by atomic mass is 32.2. The number of benzene rings is 1. The zero-order chi connectivity index (χ0) is 7.56.